The summed E-state index contributed by atoms with van der Waals surface area (Å²) < 4.78 is 4.91. The van der Waals surface area contributed by atoms with Crippen molar-refractivity contribution in [2.75, 3.05) is 24.7 Å². The fourth-order valence-corrected chi connectivity index (χ4v) is 6.80. The second-order valence-electron chi connectivity index (χ2n) is 6.97. The van der Waals surface area contributed by atoms with E-state index in [9.17, 15) is 19.5 Å². The molecule has 10 heteroatoms. The van der Waals surface area contributed by atoms with Crippen molar-refractivity contribution in [2.45, 2.75) is 68.7 Å². The van der Waals surface area contributed by atoms with Gasteiger partial charge in [-0.2, -0.15) is 0 Å². The number of carboxylic acids is 1. The van der Waals surface area contributed by atoms with Crippen LogP contribution in [0.25, 0.3) is 0 Å². The van der Waals surface area contributed by atoms with Crippen LogP contribution in [0.15, 0.2) is 0 Å². The number of nitrogens with one attached hydrogen (secondary N) is 1. The first kappa shape index (κ1) is 25.4. The van der Waals surface area contributed by atoms with E-state index in [4.69, 9.17) is 4.74 Å². The number of likely N-dealkylation sites (tertiary alicyclic amines) is 1. The SMILES string of the molecule is CCCC[C@H](N[C@@H](C)C(=O)N1CC2(C[C@H]1C(=O)O)SCCS2)C(=O)OCC.Cl. The second-order valence-corrected chi connectivity index (χ2v) is 10.2. The maximum Gasteiger partial charge on any atom is 0.326 e. The standard InChI is InChI=1S/C18H30N2O5S2.ClH/c1-4-6-7-13(17(24)25-5-2)19-12(3)15(21)20-11-18(26-8-9-27-18)10-14(20)16(22)23;/h12-14,19H,4-11H2,1-3H3,(H,22,23);1H/t12-,13-,14-;/m0./s1. The molecule has 2 rings (SSSR count). The van der Waals surface area contributed by atoms with Gasteiger partial charge in [0.05, 0.1) is 16.7 Å². The van der Waals surface area contributed by atoms with Gasteiger partial charge >= 0.3 is 11.9 Å². The molecule has 0 saturated carbocycles. The zero-order chi connectivity index (χ0) is 20.0. The highest BCUT2D eigenvalue weighted by atomic mass is 35.5. The van der Waals surface area contributed by atoms with E-state index in [-0.39, 0.29) is 35.0 Å². The Balaban J connectivity index is 0.00000392. The van der Waals surface area contributed by atoms with E-state index in [0.29, 0.717) is 19.4 Å². The number of rotatable bonds is 9. The molecule has 0 unspecified atom stereocenters. The number of hydrogen-bond acceptors (Lipinski definition) is 7. The highest BCUT2D eigenvalue weighted by Gasteiger charge is 2.52. The number of halogens is 1. The largest absolute Gasteiger partial charge is 0.480 e. The van der Waals surface area contributed by atoms with Gasteiger partial charge in [0.15, 0.2) is 0 Å². The van der Waals surface area contributed by atoms with Crippen molar-refractivity contribution in [1.82, 2.24) is 10.2 Å². The van der Waals surface area contributed by atoms with Gasteiger partial charge < -0.3 is 14.7 Å². The number of nitrogens with zero attached hydrogens (tertiary/aromatic N) is 1. The second kappa shape index (κ2) is 11.5. The molecule has 28 heavy (non-hydrogen) atoms. The minimum atomic E-state index is -0.964. The molecule has 1 amide bonds. The number of esters is 1. The van der Waals surface area contributed by atoms with Gasteiger partial charge in [-0.05, 0) is 20.3 Å². The van der Waals surface area contributed by atoms with Crippen molar-refractivity contribution in [1.29, 1.82) is 0 Å². The first-order valence-corrected chi connectivity index (χ1v) is 11.5. The molecule has 2 aliphatic heterocycles. The monoisotopic (exact) mass is 454 g/mol. The third-order valence-corrected chi connectivity index (χ3v) is 8.34. The molecule has 1 spiro atoms. The first-order chi connectivity index (χ1) is 12.8. The topological polar surface area (TPSA) is 95.9 Å². The molecule has 2 aliphatic rings. The van der Waals surface area contributed by atoms with Gasteiger partial charge in [-0.25, -0.2) is 4.79 Å². The Kier molecular flexibility index (Phi) is 10.4. The van der Waals surface area contributed by atoms with E-state index in [1.807, 2.05) is 6.92 Å². The summed E-state index contributed by atoms with van der Waals surface area (Å²) in [7, 11) is 0. The Labute approximate surface area is 181 Å². The number of carbonyl (C=O) groups is 3. The smallest absolute Gasteiger partial charge is 0.326 e. The molecule has 2 N–H and O–H groups in total. The molecule has 2 heterocycles. The van der Waals surface area contributed by atoms with Crippen LogP contribution in [-0.4, -0.2) is 74.7 Å². The summed E-state index contributed by atoms with van der Waals surface area (Å²) in [6, 6.07) is -2.01. The number of carboxylic acid groups (broad SMARTS) is 1. The van der Waals surface area contributed by atoms with E-state index in [1.165, 1.54) is 4.90 Å². The molecular formula is C18H31ClN2O5S2. The molecule has 7 nitrogen and oxygen atoms in total. The fraction of sp³-hybridized carbons (Fsp3) is 0.833. The van der Waals surface area contributed by atoms with Crippen molar-refractivity contribution in [3.63, 3.8) is 0 Å². The first-order valence-electron chi connectivity index (χ1n) is 9.57. The molecule has 0 aromatic rings. The average Bonchev–Trinajstić information content (AvgIpc) is 3.25. The van der Waals surface area contributed by atoms with Crippen LogP contribution in [0, 0.1) is 0 Å². The summed E-state index contributed by atoms with van der Waals surface area (Å²) >= 11 is 3.51. The molecule has 0 radical (unpaired) electrons. The molecular weight excluding hydrogens is 424 g/mol. The molecule has 2 saturated heterocycles. The summed E-state index contributed by atoms with van der Waals surface area (Å²) in [6.45, 7) is 6.20. The zero-order valence-electron chi connectivity index (χ0n) is 16.6. The predicted octanol–water partition coefficient (Wildman–Crippen LogP) is 2.37. The Hall–Kier alpha value is -0.640. The van der Waals surface area contributed by atoms with Crippen molar-refractivity contribution < 1.29 is 24.2 Å². The summed E-state index contributed by atoms with van der Waals surface area (Å²) in [5.74, 6) is 0.371. The highest BCUT2D eigenvalue weighted by molar-refractivity contribution is 8.21. The van der Waals surface area contributed by atoms with Gasteiger partial charge in [0, 0.05) is 24.5 Å². The number of unbranched alkanes of at least 4 members (excludes halogenated alkanes) is 1. The number of carbonyl (C=O) groups excluding carboxylic acids is 2. The molecule has 2 fully saturated rings. The zero-order valence-corrected chi connectivity index (χ0v) is 19.1. The number of ether oxygens (including phenoxy) is 1. The minimum absolute atomic E-state index is 0. The Morgan fingerprint density at radius 1 is 1.29 bits per heavy atom. The summed E-state index contributed by atoms with van der Waals surface area (Å²) in [6.07, 6.45) is 2.83. The highest BCUT2D eigenvalue weighted by Crippen LogP contribution is 2.51. The van der Waals surface area contributed by atoms with Crippen LogP contribution in [0.5, 0.6) is 0 Å². The number of thioether (sulfide) groups is 2. The van der Waals surface area contributed by atoms with Crippen LogP contribution in [0.3, 0.4) is 0 Å². The fourth-order valence-electron chi connectivity index (χ4n) is 3.54. The Bertz CT molecular complexity index is 560. The van der Waals surface area contributed by atoms with Crippen molar-refractivity contribution in [3.05, 3.63) is 0 Å². The molecule has 0 bridgehead atoms. The van der Waals surface area contributed by atoms with Crippen LogP contribution in [0.1, 0.15) is 46.5 Å². The lowest BCUT2D eigenvalue weighted by Crippen LogP contribution is -2.53. The molecule has 0 aromatic carbocycles. The predicted molar refractivity (Wildman–Crippen MR) is 115 cm³/mol. The number of hydrogen-bond donors (Lipinski definition) is 2. The van der Waals surface area contributed by atoms with Gasteiger partial charge in [-0.1, -0.05) is 19.8 Å². The normalized spacial score (nSPS) is 22.5. The minimum Gasteiger partial charge on any atom is -0.480 e. The summed E-state index contributed by atoms with van der Waals surface area (Å²) in [5, 5.41) is 12.7. The van der Waals surface area contributed by atoms with Gasteiger partial charge in [0.2, 0.25) is 5.91 Å². The number of amides is 1. The maximum atomic E-state index is 13.0. The van der Waals surface area contributed by atoms with Gasteiger partial charge in [0.25, 0.3) is 0 Å². The molecule has 0 aromatic heterocycles. The van der Waals surface area contributed by atoms with Crippen LogP contribution in [0.2, 0.25) is 0 Å². The lowest BCUT2D eigenvalue weighted by atomic mass is 10.1. The third kappa shape index (κ3) is 6.18. The van der Waals surface area contributed by atoms with E-state index in [1.54, 1.807) is 37.4 Å². The molecule has 162 valence electrons. The maximum absolute atomic E-state index is 13.0. The third-order valence-electron chi connectivity index (χ3n) is 4.91. The summed E-state index contributed by atoms with van der Waals surface area (Å²) in [5.41, 5.74) is 0. The Morgan fingerprint density at radius 3 is 2.46 bits per heavy atom. The van der Waals surface area contributed by atoms with E-state index in [2.05, 4.69) is 5.32 Å². The lowest BCUT2D eigenvalue weighted by Gasteiger charge is -2.28. The quantitative estimate of drug-likeness (QED) is 0.512. The summed E-state index contributed by atoms with van der Waals surface area (Å²) in [4.78, 5) is 38.4. The van der Waals surface area contributed by atoms with E-state index in [0.717, 1.165) is 24.3 Å². The number of aliphatic carboxylic acids is 1. The van der Waals surface area contributed by atoms with Crippen LogP contribution >= 0.6 is 35.9 Å². The molecule has 3 atom stereocenters. The van der Waals surface area contributed by atoms with E-state index < -0.39 is 24.1 Å². The van der Waals surface area contributed by atoms with Gasteiger partial charge in [-0.15, -0.1) is 35.9 Å². The lowest BCUT2D eigenvalue weighted by molar-refractivity contribution is -0.150. The van der Waals surface area contributed by atoms with Crippen molar-refractivity contribution in [3.8, 4) is 0 Å². The van der Waals surface area contributed by atoms with Crippen molar-refractivity contribution in [2.24, 2.45) is 0 Å². The van der Waals surface area contributed by atoms with Crippen LogP contribution in [-0.2, 0) is 19.1 Å². The van der Waals surface area contributed by atoms with Crippen LogP contribution in [0.4, 0.5) is 0 Å². The van der Waals surface area contributed by atoms with Gasteiger partial charge in [0.1, 0.15) is 12.1 Å². The van der Waals surface area contributed by atoms with Crippen LogP contribution < -0.4 is 5.32 Å². The van der Waals surface area contributed by atoms with Crippen molar-refractivity contribution >= 4 is 53.8 Å². The Morgan fingerprint density at radius 2 is 1.93 bits per heavy atom. The molecule has 0 aliphatic carbocycles. The van der Waals surface area contributed by atoms with E-state index >= 15 is 0 Å². The average molecular weight is 455 g/mol. The van der Waals surface area contributed by atoms with Gasteiger partial charge in [-0.3, -0.25) is 14.9 Å².